The van der Waals surface area contributed by atoms with Gasteiger partial charge < -0.3 is 10.1 Å². The van der Waals surface area contributed by atoms with Crippen molar-refractivity contribution in [3.8, 4) is 0 Å². The molecule has 0 aliphatic carbocycles. The molecule has 2 N–H and O–H groups in total. The molecular formula is C9H20N2O3S. The first-order valence-electron chi connectivity index (χ1n) is 5.28. The van der Waals surface area contributed by atoms with Gasteiger partial charge in [-0.05, 0) is 20.4 Å². The molecule has 0 bridgehead atoms. The smallest absolute Gasteiger partial charge is 0.212 e. The molecule has 1 aliphatic rings. The number of nitrogens with one attached hydrogen (secondary N) is 2. The maximum Gasteiger partial charge on any atom is 0.212 e. The lowest BCUT2D eigenvalue weighted by atomic mass is 10.0. The predicted molar refractivity (Wildman–Crippen MR) is 59.2 cm³/mol. The van der Waals surface area contributed by atoms with Crippen molar-refractivity contribution < 1.29 is 13.2 Å². The lowest BCUT2D eigenvalue weighted by Gasteiger charge is -2.14. The van der Waals surface area contributed by atoms with Crippen LogP contribution in [0.3, 0.4) is 0 Å². The third-order valence-corrected chi connectivity index (χ3v) is 4.07. The van der Waals surface area contributed by atoms with Crippen molar-refractivity contribution in [3.63, 3.8) is 0 Å². The molecule has 2 atom stereocenters. The van der Waals surface area contributed by atoms with E-state index in [4.69, 9.17) is 4.74 Å². The molecule has 1 saturated heterocycles. The van der Waals surface area contributed by atoms with Crippen molar-refractivity contribution in [2.24, 2.45) is 5.92 Å². The molecule has 0 saturated carbocycles. The van der Waals surface area contributed by atoms with Gasteiger partial charge in [-0.25, -0.2) is 13.1 Å². The largest absolute Gasteiger partial charge is 0.378 e. The van der Waals surface area contributed by atoms with Gasteiger partial charge in [0.05, 0.1) is 11.9 Å². The van der Waals surface area contributed by atoms with Gasteiger partial charge >= 0.3 is 0 Å². The monoisotopic (exact) mass is 236 g/mol. The third kappa shape index (κ3) is 4.46. The molecule has 0 amide bonds. The minimum atomic E-state index is -3.12. The lowest BCUT2D eigenvalue weighted by Crippen LogP contribution is -2.35. The van der Waals surface area contributed by atoms with Crippen LogP contribution in [0.5, 0.6) is 0 Å². The zero-order valence-electron chi connectivity index (χ0n) is 9.32. The van der Waals surface area contributed by atoms with E-state index >= 15 is 0 Å². The Kier molecular flexibility index (Phi) is 4.98. The Bertz CT molecular complexity index is 279. The first-order chi connectivity index (χ1) is 7.05. The first kappa shape index (κ1) is 12.9. The quantitative estimate of drug-likeness (QED) is 0.655. The Morgan fingerprint density at radius 3 is 2.73 bits per heavy atom. The molecular weight excluding hydrogens is 216 g/mol. The van der Waals surface area contributed by atoms with Crippen LogP contribution >= 0.6 is 0 Å². The van der Waals surface area contributed by atoms with Crippen LogP contribution in [0.25, 0.3) is 0 Å². The van der Waals surface area contributed by atoms with Crippen LogP contribution in [0.15, 0.2) is 0 Å². The highest BCUT2D eigenvalue weighted by Gasteiger charge is 2.25. The molecule has 5 nitrogen and oxygen atoms in total. The minimum Gasteiger partial charge on any atom is -0.378 e. The Morgan fingerprint density at radius 1 is 1.47 bits per heavy atom. The van der Waals surface area contributed by atoms with Gasteiger partial charge in [0.1, 0.15) is 0 Å². The van der Waals surface area contributed by atoms with E-state index in [1.54, 1.807) is 7.05 Å². The zero-order valence-corrected chi connectivity index (χ0v) is 10.1. The minimum absolute atomic E-state index is 0.130. The van der Waals surface area contributed by atoms with E-state index in [0.717, 1.165) is 13.0 Å². The highest BCUT2D eigenvalue weighted by molar-refractivity contribution is 7.89. The number of ether oxygens (including phenoxy) is 1. The highest BCUT2D eigenvalue weighted by Crippen LogP contribution is 2.19. The average Bonchev–Trinajstić information content (AvgIpc) is 2.58. The fraction of sp³-hybridized carbons (Fsp3) is 1.00. The SMILES string of the molecule is CNCCS(=O)(=O)NCC1CCOC1C. The molecule has 0 radical (unpaired) electrons. The molecule has 1 heterocycles. The van der Waals surface area contributed by atoms with Gasteiger partial charge in [0, 0.05) is 25.6 Å². The molecule has 0 aromatic heterocycles. The Balaban J connectivity index is 2.29. The number of hydrogen-bond acceptors (Lipinski definition) is 4. The molecule has 1 fully saturated rings. The summed E-state index contributed by atoms with van der Waals surface area (Å²) in [5, 5.41) is 2.82. The van der Waals surface area contributed by atoms with Gasteiger partial charge in [-0.2, -0.15) is 0 Å². The molecule has 1 aliphatic heterocycles. The maximum atomic E-state index is 11.5. The molecule has 0 spiro atoms. The van der Waals surface area contributed by atoms with E-state index < -0.39 is 10.0 Å². The summed E-state index contributed by atoms with van der Waals surface area (Å²) in [6, 6.07) is 0. The summed E-state index contributed by atoms with van der Waals surface area (Å²) >= 11 is 0. The van der Waals surface area contributed by atoms with Crippen molar-refractivity contribution in [2.75, 3.05) is 32.5 Å². The van der Waals surface area contributed by atoms with E-state index in [9.17, 15) is 8.42 Å². The Hall–Kier alpha value is -0.170. The van der Waals surface area contributed by atoms with Crippen LogP contribution < -0.4 is 10.0 Å². The topological polar surface area (TPSA) is 67.4 Å². The summed E-state index contributed by atoms with van der Waals surface area (Å²) in [7, 11) is -1.38. The Labute approximate surface area is 91.6 Å². The molecule has 90 valence electrons. The highest BCUT2D eigenvalue weighted by atomic mass is 32.2. The average molecular weight is 236 g/mol. The van der Waals surface area contributed by atoms with Crippen molar-refractivity contribution in [1.29, 1.82) is 0 Å². The fourth-order valence-electron chi connectivity index (χ4n) is 1.59. The summed E-state index contributed by atoms with van der Waals surface area (Å²) in [6.45, 7) is 3.70. The summed E-state index contributed by atoms with van der Waals surface area (Å²) < 4.78 is 30.9. The first-order valence-corrected chi connectivity index (χ1v) is 6.94. The van der Waals surface area contributed by atoms with Gasteiger partial charge in [0.2, 0.25) is 10.0 Å². The van der Waals surface area contributed by atoms with E-state index in [1.165, 1.54) is 0 Å². The van der Waals surface area contributed by atoms with E-state index in [1.807, 2.05) is 6.92 Å². The van der Waals surface area contributed by atoms with Crippen molar-refractivity contribution in [2.45, 2.75) is 19.4 Å². The predicted octanol–water partition coefficient (Wildman–Crippen LogP) is -0.450. The van der Waals surface area contributed by atoms with Gasteiger partial charge in [-0.1, -0.05) is 0 Å². The molecule has 2 unspecified atom stereocenters. The van der Waals surface area contributed by atoms with Crippen LogP contribution in [0.1, 0.15) is 13.3 Å². The summed E-state index contributed by atoms with van der Waals surface area (Å²) in [5.41, 5.74) is 0. The molecule has 0 aromatic carbocycles. The number of hydrogen-bond donors (Lipinski definition) is 2. The molecule has 6 heteroatoms. The summed E-state index contributed by atoms with van der Waals surface area (Å²) in [4.78, 5) is 0. The third-order valence-electron chi connectivity index (χ3n) is 2.72. The Morgan fingerprint density at radius 2 is 2.20 bits per heavy atom. The number of rotatable bonds is 6. The van der Waals surface area contributed by atoms with Gasteiger partial charge in [0.15, 0.2) is 0 Å². The molecule has 0 aromatic rings. The van der Waals surface area contributed by atoms with Gasteiger partial charge in [0.25, 0.3) is 0 Å². The van der Waals surface area contributed by atoms with Crippen LogP contribution in [-0.4, -0.2) is 47.0 Å². The second-order valence-corrected chi connectivity index (χ2v) is 5.82. The van der Waals surface area contributed by atoms with Crippen molar-refractivity contribution >= 4 is 10.0 Å². The number of sulfonamides is 1. The van der Waals surface area contributed by atoms with Crippen LogP contribution in [-0.2, 0) is 14.8 Å². The van der Waals surface area contributed by atoms with Crippen LogP contribution in [0.4, 0.5) is 0 Å². The van der Waals surface area contributed by atoms with Crippen molar-refractivity contribution in [3.05, 3.63) is 0 Å². The zero-order chi connectivity index (χ0) is 11.3. The van der Waals surface area contributed by atoms with Gasteiger partial charge in [-0.3, -0.25) is 0 Å². The standard InChI is InChI=1S/C9H20N2O3S/c1-8-9(3-5-14-8)7-11-15(12,13)6-4-10-2/h8-11H,3-7H2,1-2H3. The molecule has 15 heavy (non-hydrogen) atoms. The summed E-state index contributed by atoms with van der Waals surface area (Å²) in [6.07, 6.45) is 1.10. The van der Waals surface area contributed by atoms with E-state index in [-0.39, 0.29) is 11.9 Å². The van der Waals surface area contributed by atoms with Crippen LogP contribution in [0.2, 0.25) is 0 Å². The van der Waals surface area contributed by atoms with Crippen molar-refractivity contribution in [1.82, 2.24) is 10.0 Å². The fourth-order valence-corrected chi connectivity index (χ4v) is 2.67. The second kappa shape index (κ2) is 5.79. The normalized spacial score (nSPS) is 27.1. The van der Waals surface area contributed by atoms with Gasteiger partial charge in [-0.15, -0.1) is 0 Å². The lowest BCUT2D eigenvalue weighted by molar-refractivity contribution is 0.107. The van der Waals surface area contributed by atoms with Crippen LogP contribution in [0, 0.1) is 5.92 Å². The van der Waals surface area contributed by atoms with E-state index in [0.29, 0.717) is 19.0 Å². The summed E-state index contributed by atoms with van der Waals surface area (Å²) in [5.74, 6) is 0.445. The molecule has 1 rings (SSSR count). The maximum absolute atomic E-state index is 11.5. The van der Waals surface area contributed by atoms with E-state index in [2.05, 4.69) is 10.0 Å². The second-order valence-electron chi connectivity index (χ2n) is 3.90.